The van der Waals surface area contributed by atoms with Gasteiger partial charge in [0.1, 0.15) is 42.3 Å². The first kappa shape index (κ1) is 71.6. The number of aromatic nitrogens is 1. The number of carbonyl (C=O) groups is 13. The van der Waals surface area contributed by atoms with Gasteiger partial charge in [-0.2, -0.15) is 0 Å². The molecule has 0 unspecified atom stereocenters. The Morgan fingerprint density at radius 1 is 0.517 bits per heavy atom. The zero-order valence-electron chi connectivity index (χ0n) is 49.0. The van der Waals surface area contributed by atoms with E-state index in [1.165, 1.54) is 0 Å². The maximum absolute atomic E-state index is 14.5. The third kappa shape index (κ3) is 26.8. The molecule has 8 atom stereocenters. The molecule has 1 aromatic heterocycles. The van der Waals surface area contributed by atoms with Crippen molar-refractivity contribution < 1.29 is 72.5 Å². The number of hydrogen-bond donors (Lipinski definition) is 17. The van der Waals surface area contributed by atoms with E-state index >= 15 is 0 Å². The fourth-order valence-electron chi connectivity index (χ4n) is 8.80. The third-order valence-electron chi connectivity index (χ3n) is 13.1. The number of carboxylic acids is 2. The number of carbonyl (C=O) groups excluding carboxylic acids is 11. The Balaban J connectivity index is 1.84. The second-order valence-electron chi connectivity index (χ2n) is 21.5. The number of hydrogen-bond acceptors (Lipinski definition) is 15. The van der Waals surface area contributed by atoms with Gasteiger partial charge in [-0.25, -0.2) is 4.79 Å². The Kier molecular flexibility index (Phi) is 29.8. The lowest BCUT2D eigenvalue weighted by Crippen LogP contribution is -2.59. The van der Waals surface area contributed by atoms with Gasteiger partial charge in [-0.05, 0) is 67.6 Å². The number of para-hydroxylation sites is 1. The summed E-state index contributed by atoms with van der Waals surface area (Å²) in [5, 5.41) is 42.1. The average Bonchev–Trinajstić information content (AvgIpc) is 2.58. The predicted octanol–water partition coefficient (Wildman–Crippen LogP) is -3.86. The van der Waals surface area contributed by atoms with E-state index in [2.05, 4.69) is 57.8 Å². The van der Waals surface area contributed by atoms with Crippen LogP contribution in [0.15, 0.2) is 65.8 Å². The van der Waals surface area contributed by atoms with Gasteiger partial charge < -0.3 is 91.7 Å². The molecule has 0 fully saturated rings. The summed E-state index contributed by atoms with van der Waals surface area (Å²) < 4.78 is 0. The number of nitrogens with two attached hydrogens (primary N) is 5. The Morgan fingerprint density at radius 2 is 0.989 bits per heavy atom. The lowest BCUT2D eigenvalue weighted by Gasteiger charge is -2.27. The molecule has 0 aliphatic rings. The molecule has 0 spiro atoms. The molecule has 0 aliphatic heterocycles. The van der Waals surface area contributed by atoms with E-state index in [1.54, 1.807) is 88.5 Å². The molecule has 0 saturated heterocycles. The maximum atomic E-state index is 14.5. The van der Waals surface area contributed by atoms with Gasteiger partial charge in [-0.15, -0.1) is 0 Å². The molecular weight excluding hydrogens is 1140 g/mol. The Hall–Kier alpha value is -9.68. The highest BCUT2D eigenvalue weighted by atomic mass is 16.4. The second kappa shape index (κ2) is 36.2. The first-order valence-electron chi connectivity index (χ1n) is 28.1. The van der Waals surface area contributed by atoms with Crippen molar-refractivity contribution in [1.82, 2.24) is 52.8 Å². The highest BCUT2D eigenvalue weighted by Crippen LogP contribution is 2.20. The SMILES string of the molecule is CC(C)C[C@H](NC(=O)[C@H](CC(C)C)NC(=O)[C@H](CCCN=C(N)N)NC(=O)[C@H](Cc1c[nH]c2ccccc12)NC(=O)CNC(=O)[C@H](CCC(N)=O)NC(=O)CNC(=O)[C@H](CCC(=O)O)NC(=O)[C@H](Cc1ccccc1)NC(=O)[C@@H](N)CC(N)=O)C(=O)O. The van der Waals surface area contributed by atoms with Crippen LogP contribution in [0.4, 0.5) is 0 Å². The molecule has 0 aliphatic carbocycles. The normalized spacial score (nSPS) is 13.8. The number of primary amides is 2. The minimum atomic E-state index is -1.63. The van der Waals surface area contributed by atoms with Gasteiger partial charge in [0.05, 0.1) is 25.6 Å². The van der Waals surface area contributed by atoms with Crippen LogP contribution in [-0.4, -0.2) is 166 Å². The molecule has 1 heterocycles. The summed E-state index contributed by atoms with van der Waals surface area (Å²) in [5.74, 6) is -13.5. The van der Waals surface area contributed by atoms with Crippen molar-refractivity contribution in [2.45, 2.75) is 147 Å². The monoisotopic (exact) mass is 1220 g/mol. The first-order chi connectivity index (χ1) is 41.0. The number of benzene rings is 2. The standard InChI is InChI=1S/C56H82N16O15/c1-29(2)21-39(52(83)72-42(55(86)87)22-30(3)4)71-51(82)36(15-10-20-62-56(60)61)68-54(85)41(24-32-26-63-35-14-9-8-13-33(32)35)67-46(76)28-64-49(80)37(16-18-43(58)73)66-45(75)27-65-50(81)38(17-19-47(77)78)69-53(84)40(23-31-11-6-5-7-12-31)70-48(79)34(57)25-44(59)74/h5-9,11-14,26,29-30,34,36-42,63H,10,15-25,27-28,57H2,1-4H3,(H2,58,73)(H2,59,74)(H,64,80)(H,65,81)(H,66,75)(H,67,76)(H,68,85)(H,69,84)(H,70,79)(H,71,82)(H,72,83)(H,77,78)(H,86,87)(H4,60,61,62)/t34-,36-,37-,38-,39-,40-,41-,42-/m0/s1. The maximum Gasteiger partial charge on any atom is 0.326 e. The summed E-state index contributed by atoms with van der Waals surface area (Å²) in [4.78, 5) is 177. The van der Waals surface area contributed by atoms with Crippen LogP contribution in [0.3, 0.4) is 0 Å². The van der Waals surface area contributed by atoms with Crippen molar-refractivity contribution in [2.75, 3.05) is 19.6 Å². The van der Waals surface area contributed by atoms with Gasteiger partial charge >= 0.3 is 11.9 Å². The van der Waals surface area contributed by atoms with Crippen LogP contribution in [0.1, 0.15) is 96.6 Å². The quantitative estimate of drug-likeness (QED) is 0.0148. The van der Waals surface area contributed by atoms with Gasteiger partial charge in [0.25, 0.3) is 0 Å². The Morgan fingerprint density at radius 3 is 1.54 bits per heavy atom. The van der Waals surface area contributed by atoms with Crippen LogP contribution in [0.25, 0.3) is 10.9 Å². The zero-order valence-corrected chi connectivity index (χ0v) is 49.0. The summed E-state index contributed by atoms with van der Waals surface area (Å²) >= 11 is 0. The fourth-order valence-corrected chi connectivity index (χ4v) is 8.80. The molecule has 31 heteroatoms. The first-order valence-corrected chi connectivity index (χ1v) is 28.1. The van der Waals surface area contributed by atoms with E-state index in [9.17, 15) is 72.5 Å². The van der Waals surface area contributed by atoms with Crippen LogP contribution in [0.2, 0.25) is 0 Å². The number of nitrogens with zero attached hydrogens (tertiary/aromatic N) is 1. The van der Waals surface area contributed by atoms with Crippen molar-refractivity contribution in [3.8, 4) is 0 Å². The minimum Gasteiger partial charge on any atom is -0.481 e. The van der Waals surface area contributed by atoms with Crippen LogP contribution >= 0.6 is 0 Å². The lowest BCUT2D eigenvalue weighted by molar-refractivity contribution is -0.143. The number of aromatic amines is 1. The van der Waals surface area contributed by atoms with E-state index in [-0.39, 0.29) is 62.9 Å². The van der Waals surface area contributed by atoms with Gasteiger partial charge in [0, 0.05) is 49.3 Å². The molecule has 3 aromatic rings. The fraction of sp³-hybridized carbons (Fsp3) is 0.500. The van der Waals surface area contributed by atoms with Crippen molar-refractivity contribution in [1.29, 1.82) is 0 Å². The Bertz CT molecular complexity index is 2930. The molecule has 22 N–H and O–H groups in total. The molecule has 0 bridgehead atoms. The van der Waals surface area contributed by atoms with Crippen LogP contribution in [-0.2, 0) is 75.2 Å². The summed E-state index contributed by atoms with van der Waals surface area (Å²) in [6.07, 6.45) is -1.15. The van der Waals surface area contributed by atoms with E-state index in [0.717, 1.165) is 0 Å². The van der Waals surface area contributed by atoms with E-state index < -0.39 is 170 Å². The van der Waals surface area contributed by atoms with Gasteiger partial charge in [0.2, 0.25) is 65.0 Å². The summed E-state index contributed by atoms with van der Waals surface area (Å²) in [5.41, 5.74) is 29.1. The summed E-state index contributed by atoms with van der Waals surface area (Å²) in [6.45, 7) is 5.42. The van der Waals surface area contributed by atoms with E-state index in [0.29, 0.717) is 22.0 Å². The highest BCUT2D eigenvalue weighted by molar-refractivity contribution is 5.98. The van der Waals surface area contributed by atoms with Crippen molar-refractivity contribution >= 4 is 93.8 Å². The summed E-state index contributed by atoms with van der Waals surface area (Å²) in [6, 6.07) is 3.86. The van der Waals surface area contributed by atoms with Crippen LogP contribution in [0.5, 0.6) is 0 Å². The third-order valence-corrected chi connectivity index (χ3v) is 13.1. The van der Waals surface area contributed by atoms with Crippen molar-refractivity contribution in [2.24, 2.45) is 45.5 Å². The highest BCUT2D eigenvalue weighted by Gasteiger charge is 2.34. The number of rotatable bonds is 39. The number of amides is 11. The average molecular weight is 1220 g/mol. The number of nitrogens with one attached hydrogen (secondary N) is 10. The molecule has 476 valence electrons. The number of aliphatic carboxylic acids is 2. The Labute approximate surface area is 501 Å². The number of guanidine groups is 1. The molecule has 31 nitrogen and oxygen atoms in total. The van der Waals surface area contributed by atoms with E-state index in [4.69, 9.17) is 28.7 Å². The zero-order chi connectivity index (χ0) is 64.9. The molecule has 11 amide bonds. The smallest absolute Gasteiger partial charge is 0.326 e. The van der Waals surface area contributed by atoms with E-state index in [1.807, 2.05) is 0 Å². The molecule has 0 radical (unpaired) electrons. The molecule has 3 rings (SSSR count). The largest absolute Gasteiger partial charge is 0.481 e. The number of fused-ring (bicyclic) bond motifs is 1. The number of carboxylic acid groups (broad SMARTS) is 2. The summed E-state index contributed by atoms with van der Waals surface area (Å²) in [7, 11) is 0. The van der Waals surface area contributed by atoms with Gasteiger partial charge in [0.15, 0.2) is 5.96 Å². The predicted molar refractivity (Wildman–Crippen MR) is 315 cm³/mol. The van der Waals surface area contributed by atoms with Gasteiger partial charge in [-0.1, -0.05) is 76.2 Å². The van der Waals surface area contributed by atoms with Crippen molar-refractivity contribution in [3.63, 3.8) is 0 Å². The number of aliphatic imine (C=N–C) groups is 1. The molecule has 0 saturated carbocycles. The second-order valence-corrected chi connectivity index (χ2v) is 21.5. The topological polar surface area (TPSA) is 529 Å². The van der Waals surface area contributed by atoms with Crippen molar-refractivity contribution in [3.05, 3.63) is 71.9 Å². The molecule has 2 aromatic carbocycles. The van der Waals surface area contributed by atoms with Crippen LogP contribution in [0, 0.1) is 11.8 Å². The lowest BCUT2D eigenvalue weighted by atomic mass is 9.99. The minimum absolute atomic E-state index is 0.0199. The van der Waals surface area contributed by atoms with Gasteiger partial charge in [-0.3, -0.25) is 62.5 Å². The molecular formula is C56H82N16O15. The van der Waals surface area contributed by atoms with Crippen LogP contribution < -0.4 is 76.5 Å². The number of H-pyrrole nitrogens is 1. The molecule has 87 heavy (non-hydrogen) atoms.